The number of ether oxygens (including phenoxy) is 1. The monoisotopic (exact) mass is 481 g/mol. The van der Waals surface area contributed by atoms with Crippen molar-refractivity contribution in [2.45, 2.75) is 25.6 Å². The number of carbonyl (C=O) groups excluding carboxylic acids is 2. The van der Waals surface area contributed by atoms with Crippen molar-refractivity contribution in [1.82, 2.24) is 0 Å². The predicted octanol–water partition coefficient (Wildman–Crippen LogP) is 4.64. The standard InChI is InChI=1S/C21H15ClF3N3O3S/c1-20(2)18(30)27(14-4-3-12(11-26)16(9-14)21(23,24)25)19(32)28(20)13-5-7-15(8-6-13)31-17(29)10-22/h3-9H,10H2,1-2H3. The SMILES string of the molecule is CC1(C)C(=O)N(c2ccc(C#N)c(C(F)(F)F)c2)C(=S)N1c1ccc(OC(=O)CCl)cc1. The first-order valence-corrected chi connectivity index (χ1v) is 10.0. The lowest BCUT2D eigenvalue weighted by Gasteiger charge is -2.29. The van der Waals surface area contributed by atoms with E-state index in [1.165, 1.54) is 29.2 Å². The molecular formula is C21H15ClF3N3O3S. The van der Waals surface area contributed by atoms with Gasteiger partial charge in [0.2, 0.25) is 0 Å². The van der Waals surface area contributed by atoms with Gasteiger partial charge < -0.3 is 9.64 Å². The fourth-order valence-corrected chi connectivity index (χ4v) is 3.86. The van der Waals surface area contributed by atoms with Crippen LogP contribution in [0.15, 0.2) is 42.5 Å². The Bertz CT molecular complexity index is 1140. The summed E-state index contributed by atoms with van der Waals surface area (Å²) in [6.45, 7) is 3.16. The number of halogens is 4. The summed E-state index contributed by atoms with van der Waals surface area (Å²) in [5, 5.41) is 8.97. The number of benzene rings is 2. The number of nitriles is 1. The minimum atomic E-state index is -4.78. The quantitative estimate of drug-likeness (QED) is 0.274. The summed E-state index contributed by atoms with van der Waals surface area (Å²) >= 11 is 10.9. The fourth-order valence-electron chi connectivity index (χ4n) is 3.28. The number of anilines is 2. The lowest BCUT2D eigenvalue weighted by Crippen LogP contribution is -2.44. The molecule has 1 amide bonds. The Hall–Kier alpha value is -3.16. The molecule has 166 valence electrons. The van der Waals surface area contributed by atoms with Crippen molar-refractivity contribution in [1.29, 1.82) is 5.26 Å². The summed E-state index contributed by atoms with van der Waals surface area (Å²) in [5.41, 5.74) is -2.58. The summed E-state index contributed by atoms with van der Waals surface area (Å²) in [5.74, 6) is -1.27. The third kappa shape index (κ3) is 4.13. The van der Waals surface area contributed by atoms with Crippen LogP contribution in [-0.4, -0.2) is 28.4 Å². The summed E-state index contributed by atoms with van der Waals surface area (Å²) in [6.07, 6.45) is -4.78. The summed E-state index contributed by atoms with van der Waals surface area (Å²) < 4.78 is 45.2. The predicted molar refractivity (Wildman–Crippen MR) is 116 cm³/mol. The maximum absolute atomic E-state index is 13.4. The van der Waals surface area contributed by atoms with E-state index in [1.807, 2.05) is 0 Å². The molecule has 0 bridgehead atoms. The number of amides is 1. The molecule has 3 rings (SSSR count). The maximum atomic E-state index is 13.4. The fraction of sp³-hybridized carbons (Fsp3) is 0.238. The van der Waals surface area contributed by atoms with Crippen LogP contribution in [0.1, 0.15) is 25.0 Å². The van der Waals surface area contributed by atoms with Crippen molar-refractivity contribution in [2.75, 3.05) is 15.7 Å². The van der Waals surface area contributed by atoms with E-state index in [9.17, 15) is 22.8 Å². The van der Waals surface area contributed by atoms with Gasteiger partial charge in [0.1, 0.15) is 17.2 Å². The Morgan fingerprint density at radius 3 is 2.31 bits per heavy atom. The van der Waals surface area contributed by atoms with Crippen LogP contribution in [0.4, 0.5) is 24.5 Å². The topological polar surface area (TPSA) is 73.6 Å². The van der Waals surface area contributed by atoms with Crippen LogP contribution in [0, 0.1) is 11.3 Å². The minimum absolute atomic E-state index is 0.0386. The Morgan fingerprint density at radius 2 is 1.78 bits per heavy atom. The van der Waals surface area contributed by atoms with Crippen LogP contribution in [0.2, 0.25) is 0 Å². The van der Waals surface area contributed by atoms with Gasteiger partial charge in [0.25, 0.3) is 5.91 Å². The number of carbonyl (C=O) groups is 2. The molecule has 1 aliphatic heterocycles. The zero-order valence-corrected chi connectivity index (χ0v) is 18.3. The van der Waals surface area contributed by atoms with Crippen LogP contribution >= 0.6 is 23.8 Å². The van der Waals surface area contributed by atoms with Crippen LogP contribution in [-0.2, 0) is 15.8 Å². The third-order valence-electron chi connectivity index (χ3n) is 4.79. The van der Waals surface area contributed by atoms with E-state index >= 15 is 0 Å². The first kappa shape index (κ1) is 23.5. The van der Waals surface area contributed by atoms with Crippen molar-refractivity contribution in [3.63, 3.8) is 0 Å². The molecule has 1 fully saturated rings. The highest BCUT2D eigenvalue weighted by molar-refractivity contribution is 7.81. The number of thiocarbonyl (C=S) groups is 1. The number of alkyl halides is 4. The molecule has 1 saturated heterocycles. The molecule has 0 atom stereocenters. The molecule has 0 radical (unpaired) electrons. The highest BCUT2D eigenvalue weighted by Gasteiger charge is 2.50. The molecule has 0 spiro atoms. The van der Waals surface area contributed by atoms with Gasteiger partial charge in [-0.05, 0) is 68.5 Å². The smallest absolute Gasteiger partial charge is 0.417 e. The van der Waals surface area contributed by atoms with Crippen LogP contribution in [0.5, 0.6) is 5.75 Å². The second-order valence-electron chi connectivity index (χ2n) is 7.26. The first-order valence-electron chi connectivity index (χ1n) is 9.08. The molecule has 0 N–H and O–H groups in total. The van der Waals surface area contributed by atoms with Crippen molar-refractivity contribution in [2.24, 2.45) is 0 Å². The van der Waals surface area contributed by atoms with Gasteiger partial charge >= 0.3 is 12.1 Å². The largest absolute Gasteiger partial charge is 0.426 e. The van der Waals surface area contributed by atoms with E-state index in [4.69, 9.17) is 33.8 Å². The van der Waals surface area contributed by atoms with E-state index in [0.29, 0.717) is 5.69 Å². The Morgan fingerprint density at radius 1 is 1.19 bits per heavy atom. The van der Waals surface area contributed by atoms with Gasteiger partial charge in [0.05, 0.1) is 22.9 Å². The van der Waals surface area contributed by atoms with Gasteiger partial charge in [-0.3, -0.25) is 14.5 Å². The van der Waals surface area contributed by atoms with Gasteiger partial charge in [-0.2, -0.15) is 18.4 Å². The van der Waals surface area contributed by atoms with Crippen molar-refractivity contribution in [3.05, 3.63) is 53.6 Å². The number of rotatable bonds is 4. The molecule has 0 aromatic heterocycles. The van der Waals surface area contributed by atoms with E-state index < -0.39 is 34.7 Å². The van der Waals surface area contributed by atoms with Gasteiger partial charge in [0.15, 0.2) is 5.11 Å². The van der Waals surface area contributed by atoms with Gasteiger partial charge in [-0.25, -0.2) is 0 Å². The molecule has 1 heterocycles. The van der Waals surface area contributed by atoms with E-state index in [0.717, 1.165) is 17.0 Å². The Labute approximate surface area is 191 Å². The number of esters is 1. The zero-order valence-electron chi connectivity index (χ0n) is 16.7. The molecule has 32 heavy (non-hydrogen) atoms. The second-order valence-corrected chi connectivity index (χ2v) is 7.89. The van der Waals surface area contributed by atoms with E-state index in [1.54, 1.807) is 26.0 Å². The molecular weight excluding hydrogens is 467 g/mol. The second kappa shape index (κ2) is 8.41. The number of hydrogen-bond donors (Lipinski definition) is 0. The molecule has 2 aromatic rings. The average Bonchev–Trinajstić information content (AvgIpc) is 2.91. The average molecular weight is 482 g/mol. The van der Waals surface area contributed by atoms with Gasteiger partial charge in [0, 0.05) is 5.69 Å². The van der Waals surface area contributed by atoms with Crippen molar-refractivity contribution in [3.8, 4) is 11.8 Å². The van der Waals surface area contributed by atoms with E-state index in [2.05, 4.69) is 0 Å². The molecule has 1 aliphatic rings. The van der Waals surface area contributed by atoms with Crippen LogP contribution in [0.25, 0.3) is 0 Å². The van der Waals surface area contributed by atoms with Gasteiger partial charge in [-0.15, -0.1) is 11.6 Å². The summed E-state index contributed by atoms with van der Waals surface area (Å²) in [7, 11) is 0. The lowest BCUT2D eigenvalue weighted by atomic mass is 10.0. The number of nitrogens with zero attached hydrogens (tertiary/aromatic N) is 3. The van der Waals surface area contributed by atoms with Crippen LogP contribution in [0.3, 0.4) is 0 Å². The van der Waals surface area contributed by atoms with Crippen LogP contribution < -0.4 is 14.5 Å². The molecule has 0 saturated carbocycles. The lowest BCUT2D eigenvalue weighted by molar-refractivity contribution is -0.138. The maximum Gasteiger partial charge on any atom is 0.417 e. The molecule has 11 heteroatoms. The van der Waals surface area contributed by atoms with E-state index in [-0.39, 0.29) is 22.4 Å². The minimum Gasteiger partial charge on any atom is -0.426 e. The molecule has 2 aromatic carbocycles. The van der Waals surface area contributed by atoms with Crippen molar-refractivity contribution >= 4 is 52.2 Å². The summed E-state index contributed by atoms with van der Waals surface area (Å²) in [6, 6.07) is 10.6. The molecule has 6 nitrogen and oxygen atoms in total. The van der Waals surface area contributed by atoms with Crippen molar-refractivity contribution < 1.29 is 27.5 Å². The molecule has 0 aliphatic carbocycles. The molecule has 0 unspecified atom stereocenters. The highest BCUT2D eigenvalue weighted by Crippen LogP contribution is 2.39. The third-order valence-corrected chi connectivity index (χ3v) is 5.37. The Balaban J connectivity index is 2.01. The normalized spacial score (nSPS) is 15.7. The first-order chi connectivity index (χ1) is 14.9. The summed E-state index contributed by atoms with van der Waals surface area (Å²) in [4.78, 5) is 27.0. The highest BCUT2D eigenvalue weighted by atomic mass is 35.5. The zero-order chi connectivity index (χ0) is 23.8. The van der Waals surface area contributed by atoms with Gasteiger partial charge in [-0.1, -0.05) is 0 Å². The number of hydrogen-bond acceptors (Lipinski definition) is 5. The Kier molecular flexibility index (Phi) is 6.18.